The number of hydrogen-bond acceptors (Lipinski definition) is 4. The quantitative estimate of drug-likeness (QED) is 0.575. The molecule has 1 saturated carbocycles. The van der Waals surface area contributed by atoms with Crippen LogP contribution in [0, 0.1) is 17.6 Å². The molecule has 0 atom stereocenters. The van der Waals surface area contributed by atoms with Gasteiger partial charge in [-0.15, -0.1) is 0 Å². The SMILES string of the molecule is O=c1cc(Cn2c(CCC3CC3)nc3nccnc32)c2ccc(F)c(F)c2[nH]1. The third kappa shape index (κ3) is 2.94. The van der Waals surface area contributed by atoms with Crippen molar-refractivity contribution in [2.75, 3.05) is 0 Å². The van der Waals surface area contributed by atoms with Gasteiger partial charge in [0.25, 0.3) is 0 Å². The first kappa shape index (κ1) is 17.0. The number of H-pyrrole nitrogens is 1. The molecule has 5 rings (SSSR count). The normalized spacial score (nSPS) is 14.2. The molecule has 0 saturated heterocycles. The molecule has 3 heterocycles. The van der Waals surface area contributed by atoms with Gasteiger partial charge in [0.15, 0.2) is 22.9 Å². The number of aryl methyl sites for hydroxylation is 1. The van der Waals surface area contributed by atoms with Crippen LogP contribution in [0.2, 0.25) is 0 Å². The Kier molecular flexibility index (Phi) is 3.92. The maximum Gasteiger partial charge on any atom is 0.248 e. The van der Waals surface area contributed by atoms with E-state index in [1.165, 1.54) is 25.0 Å². The van der Waals surface area contributed by atoms with Gasteiger partial charge in [0.05, 0.1) is 12.1 Å². The Morgan fingerprint density at radius 3 is 2.82 bits per heavy atom. The summed E-state index contributed by atoms with van der Waals surface area (Å²) in [6, 6.07) is 3.96. The second-order valence-electron chi connectivity index (χ2n) is 7.24. The molecule has 1 N–H and O–H groups in total. The summed E-state index contributed by atoms with van der Waals surface area (Å²) in [7, 11) is 0. The summed E-state index contributed by atoms with van der Waals surface area (Å²) in [5.41, 5.74) is 1.12. The summed E-state index contributed by atoms with van der Waals surface area (Å²) in [6.07, 6.45) is 7.51. The number of fused-ring (bicyclic) bond motifs is 2. The number of rotatable bonds is 5. The minimum Gasteiger partial charge on any atom is -0.319 e. The number of pyridine rings is 1. The fourth-order valence-corrected chi connectivity index (χ4v) is 3.63. The Hall–Kier alpha value is -3.16. The Morgan fingerprint density at radius 1 is 1.18 bits per heavy atom. The first-order valence-electron chi connectivity index (χ1n) is 9.26. The number of nitrogens with zero attached hydrogens (tertiary/aromatic N) is 4. The molecule has 0 radical (unpaired) electrons. The van der Waals surface area contributed by atoms with E-state index in [2.05, 4.69) is 19.9 Å². The summed E-state index contributed by atoms with van der Waals surface area (Å²) >= 11 is 0. The van der Waals surface area contributed by atoms with Crippen molar-refractivity contribution in [3.8, 4) is 0 Å². The first-order valence-corrected chi connectivity index (χ1v) is 9.26. The summed E-state index contributed by atoms with van der Waals surface area (Å²) in [5, 5.41) is 0.456. The third-order valence-corrected chi connectivity index (χ3v) is 5.26. The molecule has 142 valence electrons. The highest BCUT2D eigenvalue weighted by Gasteiger charge is 2.23. The second-order valence-corrected chi connectivity index (χ2v) is 7.24. The highest BCUT2D eigenvalue weighted by molar-refractivity contribution is 5.82. The van der Waals surface area contributed by atoms with Crippen LogP contribution in [-0.2, 0) is 13.0 Å². The van der Waals surface area contributed by atoms with Crippen LogP contribution in [0.15, 0.2) is 35.4 Å². The second kappa shape index (κ2) is 6.47. The number of aromatic amines is 1. The highest BCUT2D eigenvalue weighted by Crippen LogP contribution is 2.33. The number of halogens is 2. The molecule has 0 amide bonds. The molecule has 4 aromatic rings. The lowest BCUT2D eigenvalue weighted by Crippen LogP contribution is -2.13. The highest BCUT2D eigenvalue weighted by atomic mass is 19.2. The largest absolute Gasteiger partial charge is 0.319 e. The molecule has 6 nitrogen and oxygen atoms in total. The smallest absolute Gasteiger partial charge is 0.248 e. The average Bonchev–Trinajstić information content (AvgIpc) is 3.45. The lowest BCUT2D eigenvalue weighted by molar-refractivity contribution is 0.515. The number of hydrogen-bond donors (Lipinski definition) is 1. The van der Waals surface area contributed by atoms with Crippen LogP contribution in [0.3, 0.4) is 0 Å². The van der Waals surface area contributed by atoms with Crippen molar-refractivity contribution in [2.24, 2.45) is 5.92 Å². The molecule has 3 aromatic heterocycles. The van der Waals surface area contributed by atoms with Crippen LogP contribution in [0.1, 0.15) is 30.7 Å². The molecule has 0 aliphatic heterocycles. The van der Waals surface area contributed by atoms with Crippen LogP contribution in [0.5, 0.6) is 0 Å². The van der Waals surface area contributed by atoms with E-state index < -0.39 is 17.2 Å². The fourth-order valence-electron chi connectivity index (χ4n) is 3.63. The van der Waals surface area contributed by atoms with Crippen molar-refractivity contribution < 1.29 is 8.78 Å². The molecule has 1 fully saturated rings. The number of imidazole rings is 1. The molecule has 1 aliphatic rings. The fraction of sp³-hybridized carbons (Fsp3) is 0.300. The zero-order valence-corrected chi connectivity index (χ0v) is 15.0. The molecule has 0 unspecified atom stereocenters. The minimum absolute atomic E-state index is 0.127. The van der Waals surface area contributed by atoms with E-state index in [1.807, 2.05) is 4.57 Å². The van der Waals surface area contributed by atoms with Crippen molar-refractivity contribution in [3.63, 3.8) is 0 Å². The summed E-state index contributed by atoms with van der Waals surface area (Å²) in [4.78, 5) is 27.8. The zero-order chi connectivity index (χ0) is 19.3. The van der Waals surface area contributed by atoms with Gasteiger partial charge in [-0.1, -0.05) is 12.8 Å². The van der Waals surface area contributed by atoms with Crippen LogP contribution in [0.4, 0.5) is 8.78 Å². The van der Waals surface area contributed by atoms with Crippen molar-refractivity contribution in [2.45, 2.75) is 32.2 Å². The Morgan fingerprint density at radius 2 is 2.00 bits per heavy atom. The van der Waals surface area contributed by atoms with Gasteiger partial charge in [0.2, 0.25) is 5.56 Å². The van der Waals surface area contributed by atoms with Crippen LogP contribution >= 0.6 is 0 Å². The predicted molar refractivity (Wildman–Crippen MR) is 100.0 cm³/mol. The topological polar surface area (TPSA) is 76.5 Å². The van der Waals surface area contributed by atoms with E-state index in [9.17, 15) is 13.6 Å². The molecule has 8 heteroatoms. The maximum absolute atomic E-state index is 14.2. The molecule has 28 heavy (non-hydrogen) atoms. The molecule has 0 spiro atoms. The minimum atomic E-state index is -1.05. The lowest BCUT2D eigenvalue weighted by Gasteiger charge is -2.11. The predicted octanol–water partition coefficient (Wildman–Crippen LogP) is 3.34. The van der Waals surface area contributed by atoms with E-state index in [1.54, 1.807) is 12.4 Å². The van der Waals surface area contributed by atoms with Gasteiger partial charge in [0.1, 0.15) is 5.82 Å². The van der Waals surface area contributed by atoms with Crippen molar-refractivity contribution >= 4 is 22.2 Å². The standard InChI is InChI=1S/C20H17F2N5O/c21-14-5-4-13-12(9-16(28)26-18(13)17(14)22)10-27-15(6-3-11-1-2-11)25-19-20(27)24-8-7-23-19/h4-5,7-9,11H,1-3,6,10H2,(H,26,28). The van der Waals surface area contributed by atoms with Gasteiger partial charge < -0.3 is 9.55 Å². The lowest BCUT2D eigenvalue weighted by atomic mass is 10.1. The van der Waals surface area contributed by atoms with Crippen LogP contribution in [-0.4, -0.2) is 24.5 Å². The number of nitrogens with one attached hydrogen (secondary N) is 1. The van der Waals surface area contributed by atoms with E-state index in [0.717, 1.165) is 30.7 Å². The number of aromatic nitrogens is 5. The number of benzene rings is 1. The van der Waals surface area contributed by atoms with Gasteiger partial charge in [-0.3, -0.25) is 4.79 Å². The van der Waals surface area contributed by atoms with Gasteiger partial charge in [-0.05, 0) is 30.0 Å². The molecule has 1 aliphatic carbocycles. The molecular formula is C20H17F2N5O. The van der Waals surface area contributed by atoms with Crippen molar-refractivity contribution in [3.05, 3.63) is 64.0 Å². The first-order chi connectivity index (χ1) is 13.6. The van der Waals surface area contributed by atoms with Gasteiger partial charge in [-0.2, -0.15) is 0 Å². The van der Waals surface area contributed by atoms with E-state index >= 15 is 0 Å². The monoisotopic (exact) mass is 381 g/mol. The molecule has 1 aromatic carbocycles. The third-order valence-electron chi connectivity index (χ3n) is 5.26. The van der Waals surface area contributed by atoms with Crippen molar-refractivity contribution in [1.29, 1.82) is 0 Å². The summed E-state index contributed by atoms with van der Waals surface area (Å²) in [6.45, 7) is 0.278. The van der Waals surface area contributed by atoms with E-state index in [0.29, 0.717) is 22.2 Å². The summed E-state index contributed by atoms with van der Waals surface area (Å²) in [5.74, 6) is -0.471. The van der Waals surface area contributed by atoms with Crippen LogP contribution < -0.4 is 5.56 Å². The molecule has 0 bridgehead atoms. The van der Waals surface area contributed by atoms with E-state index in [-0.39, 0.29) is 12.1 Å². The zero-order valence-electron chi connectivity index (χ0n) is 15.0. The maximum atomic E-state index is 14.2. The van der Waals surface area contributed by atoms with Gasteiger partial charge in [-0.25, -0.2) is 23.7 Å². The van der Waals surface area contributed by atoms with Gasteiger partial charge >= 0.3 is 0 Å². The van der Waals surface area contributed by atoms with E-state index in [4.69, 9.17) is 0 Å². The van der Waals surface area contributed by atoms with Crippen molar-refractivity contribution in [1.82, 2.24) is 24.5 Å². The Balaban J connectivity index is 1.64. The van der Waals surface area contributed by atoms with Gasteiger partial charge in [0, 0.05) is 30.3 Å². The Labute approximate surface area is 158 Å². The Bertz CT molecular complexity index is 1260. The average molecular weight is 381 g/mol. The van der Waals surface area contributed by atoms with Crippen LogP contribution in [0.25, 0.3) is 22.2 Å². The molecular weight excluding hydrogens is 364 g/mol. The summed E-state index contributed by atoms with van der Waals surface area (Å²) < 4.78 is 29.7.